The highest BCUT2D eigenvalue weighted by Gasteiger charge is 2.59. The number of thiocarbonyl (C=S) groups is 1. The SMILES string of the molecule is COCc1cc(N2C(=S)N(c3cnc(C#N)c(C)c3)C(=O)C23CCC3)ccc1C(N)=O. The average Bonchev–Trinajstić information content (AvgIpc) is 2.94. The summed E-state index contributed by atoms with van der Waals surface area (Å²) < 4.78 is 5.23. The molecule has 1 aromatic carbocycles. The smallest absolute Gasteiger partial charge is 0.259 e. The number of nitriles is 1. The Kier molecular flexibility index (Phi) is 5.21. The van der Waals surface area contributed by atoms with Crippen molar-refractivity contribution in [2.24, 2.45) is 5.73 Å². The van der Waals surface area contributed by atoms with Crippen LogP contribution in [0.5, 0.6) is 0 Å². The van der Waals surface area contributed by atoms with Gasteiger partial charge in [-0.15, -0.1) is 0 Å². The van der Waals surface area contributed by atoms with E-state index in [2.05, 4.69) is 4.98 Å². The van der Waals surface area contributed by atoms with Crippen LogP contribution in [0, 0.1) is 18.3 Å². The molecular weight excluding hydrogens is 414 g/mol. The number of primary amides is 1. The predicted octanol–water partition coefficient (Wildman–Crippen LogP) is 2.57. The van der Waals surface area contributed by atoms with E-state index in [9.17, 15) is 9.59 Å². The van der Waals surface area contributed by atoms with Crippen molar-refractivity contribution in [3.05, 3.63) is 52.8 Å². The van der Waals surface area contributed by atoms with Crippen LogP contribution in [0.2, 0.25) is 0 Å². The van der Waals surface area contributed by atoms with Crippen molar-refractivity contribution in [1.29, 1.82) is 5.26 Å². The second-order valence-electron chi connectivity index (χ2n) is 7.75. The summed E-state index contributed by atoms with van der Waals surface area (Å²) in [6.45, 7) is 1.98. The molecule has 2 heterocycles. The Morgan fingerprint density at radius 1 is 1.35 bits per heavy atom. The van der Waals surface area contributed by atoms with Gasteiger partial charge in [0, 0.05) is 18.4 Å². The number of carbonyl (C=O) groups excluding carboxylic acids is 2. The van der Waals surface area contributed by atoms with Crippen molar-refractivity contribution in [1.82, 2.24) is 4.98 Å². The summed E-state index contributed by atoms with van der Waals surface area (Å²) >= 11 is 5.76. The fraction of sp³-hybridized carbons (Fsp3) is 0.318. The van der Waals surface area contributed by atoms with E-state index < -0.39 is 11.4 Å². The fourth-order valence-corrected chi connectivity index (χ4v) is 4.71. The largest absolute Gasteiger partial charge is 0.380 e. The van der Waals surface area contributed by atoms with E-state index in [-0.39, 0.29) is 12.5 Å². The summed E-state index contributed by atoms with van der Waals surface area (Å²) in [5, 5.41) is 9.50. The Morgan fingerprint density at radius 3 is 2.65 bits per heavy atom. The first-order valence-electron chi connectivity index (χ1n) is 9.81. The predicted molar refractivity (Wildman–Crippen MR) is 119 cm³/mol. The molecule has 0 radical (unpaired) electrons. The number of methoxy groups -OCH3 is 1. The minimum atomic E-state index is -0.766. The van der Waals surface area contributed by atoms with Gasteiger partial charge in [-0.1, -0.05) is 0 Å². The molecule has 158 valence electrons. The highest BCUT2D eigenvalue weighted by atomic mass is 32.1. The van der Waals surface area contributed by atoms with E-state index in [0.29, 0.717) is 51.7 Å². The van der Waals surface area contributed by atoms with Crippen LogP contribution in [0.1, 0.15) is 46.4 Å². The lowest BCUT2D eigenvalue weighted by atomic mass is 9.75. The number of nitrogens with two attached hydrogens (primary N) is 1. The van der Waals surface area contributed by atoms with Gasteiger partial charge in [-0.25, -0.2) is 4.98 Å². The maximum absolute atomic E-state index is 13.6. The Hall–Kier alpha value is -3.35. The lowest BCUT2D eigenvalue weighted by molar-refractivity contribution is -0.123. The summed E-state index contributed by atoms with van der Waals surface area (Å²) in [5.74, 6) is -0.653. The van der Waals surface area contributed by atoms with Gasteiger partial charge in [0.05, 0.1) is 18.5 Å². The topological polar surface area (TPSA) is 113 Å². The Bertz CT molecular complexity index is 1150. The highest BCUT2D eigenvalue weighted by molar-refractivity contribution is 7.81. The lowest BCUT2D eigenvalue weighted by Gasteiger charge is -2.43. The van der Waals surface area contributed by atoms with E-state index in [1.165, 1.54) is 18.2 Å². The summed E-state index contributed by atoms with van der Waals surface area (Å²) in [6.07, 6.45) is 3.75. The van der Waals surface area contributed by atoms with Gasteiger partial charge in [-0.2, -0.15) is 5.26 Å². The van der Waals surface area contributed by atoms with Gasteiger partial charge in [0.15, 0.2) is 5.11 Å². The molecule has 2 N–H and O–H groups in total. The molecule has 9 heteroatoms. The Labute approximate surface area is 185 Å². The first kappa shape index (κ1) is 20.9. The molecule has 1 aromatic heterocycles. The van der Waals surface area contributed by atoms with Crippen molar-refractivity contribution in [3.63, 3.8) is 0 Å². The van der Waals surface area contributed by atoms with Crippen molar-refractivity contribution < 1.29 is 14.3 Å². The van der Waals surface area contributed by atoms with Crippen LogP contribution in [0.25, 0.3) is 0 Å². The minimum Gasteiger partial charge on any atom is -0.380 e. The van der Waals surface area contributed by atoms with Crippen LogP contribution < -0.4 is 15.5 Å². The van der Waals surface area contributed by atoms with Crippen molar-refractivity contribution in [2.45, 2.75) is 38.3 Å². The molecule has 2 aliphatic rings. The first-order chi connectivity index (χ1) is 14.8. The monoisotopic (exact) mass is 435 g/mol. The summed E-state index contributed by atoms with van der Waals surface area (Å²) in [4.78, 5) is 32.9. The number of nitrogens with zero attached hydrogens (tertiary/aromatic N) is 4. The van der Waals surface area contributed by atoms with Gasteiger partial charge in [0.25, 0.3) is 5.91 Å². The standard InChI is InChI=1S/C22H21N5O3S/c1-13-8-16(11-25-18(13)10-23)26-20(29)22(6-3-7-22)27(21(26)31)15-4-5-17(19(24)28)14(9-15)12-30-2/h4-5,8-9,11H,3,6-7,12H2,1-2H3,(H2,24,28). The molecule has 1 aliphatic carbocycles. The van der Waals surface area contributed by atoms with Crippen molar-refractivity contribution in [2.75, 3.05) is 16.9 Å². The maximum atomic E-state index is 13.6. The molecule has 0 bridgehead atoms. The van der Waals surface area contributed by atoms with Crippen LogP contribution in [0.4, 0.5) is 11.4 Å². The highest BCUT2D eigenvalue weighted by Crippen LogP contribution is 2.48. The molecule has 1 saturated carbocycles. The minimum absolute atomic E-state index is 0.109. The number of benzene rings is 1. The lowest BCUT2D eigenvalue weighted by Crippen LogP contribution is -2.55. The fourth-order valence-electron chi connectivity index (χ4n) is 4.24. The summed E-state index contributed by atoms with van der Waals surface area (Å²) in [7, 11) is 1.54. The number of aromatic nitrogens is 1. The third-order valence-electron chi connectivity index (χ3n) is 5.93. The Morgan fingerprint density at radius 2 is 2.10 bits per heavy atom. The number of aryl methyl sites for hydroxylation is 1. The molecule has 4 rings (SSSR count). The number of rotatable bonds is 5. The van der Waals surface area contributed by atoms with Crippen LogP contribution in [0.3, 0.4) is 0 Å². The van der Waals surface area contributed by atoms with Gasteiger partial charge in [-0.3, -0.25) is 14.5 Å². The zero-order valence-electron chi connectivity index (χ0n) is 17.2. The second kappa shape index (κ2) is 7.72. The number of ether oxygens (including phenoxy) is 1. The zero-order valence-corrected chi connectivity index (χ0v) is 18.0. The van der Waals surface area contributed by atoms with Crippen LogP contribution >= 0.6 is 12.2 Å². The molecule has 8 nitrogen and oxygen atoms in total. The van der Waals surface area contributed by atoms with E-state index in [0.717, 1.165) is 6.42 Å². The molecule has 1 aliphatic heterocycles. The molecular formula is C22H21N5O3S. The zero-order chi connectivity index (χ0) is 22.3. The third kappa shape index (κ3) is 3.15. The van der Waals surface area contributed by atoms with Gasteiger partial charge >= 0.3 is 0 Å². The van der Waals surface area contributed by atoms with Crippen LogP contribution in [-0.4, -0.2) is 34.6 Å². The van der Waals surface area contributed by atoms with Crippen LogP contribution in [0.15, 0.2) is 30.5 Å². The maximum Gasteiger partial charge on any atom is 0.259 e. The number of hydrogen-bond acceptors (Lipinski definition) is 6. The quantitative estimate of drug-likeness (QED) is 0.718. The number of amides is 2. The molecule has 1 spiro atoms. The average molecular weight is 436 g/mol. The molecule has 2 aromatic rings. The van der Waals surface area contributed by atoms with Gasteiger partial charge in [0.1, 0.15) is 17.3 Å². The number of pyridine rings is 1. The Balaban J connectivity index is 1.80. The molecule has 2 fully saturated rings. The van der Waals surface area contributed by atoms with E-state index in [1.54, 1.807) is 31.2 Å². The normalized spacial score (nSPS) is 17.1. The number of hydrogen-bond donors (Lipinski definition) is 1. The molecule has 0 unspecified atom stereocenters. The van der Waals surface area contributed by atoms with Gasteiger partial charge < -0.3 is 15.4 Å². The summed E-state index contributed by atoms with van der Waals surface area (Å²) in [5.41, 5.74) is 7.95. The third-order valence-corrected chi connectivity index (χ3v) is 6.30. The van der Waals surface area contributed by atoms with E-state index in [4.69, 9.17) is 28.0 Å². The van der Waals surface area contributed by atoms with Gasteiger partial charge in [0.2, 0.25) is 5.91 Å². The van der Waals surface area contributed by atoms with E-state index >= 15 is 0 Å². The van der Waals surface area contributed by atoms with E-state index in [1.807, 2.05) is 11.0 Å². The molecule has 1 saturated heterocycles. The molecule has 31 heavy (non-hydrogen) atoms. The van der Waals surface area contributed by atoms with Gasteiger partial charge in [-0.05, 0) is 73.8 Å². The number of carbonyl (C=O) groups is 2. The first-order valence-corrected chi connectivity index (χ1v) is 10.2. The van der Waals surface area contributed by atoms with Crippen molar-refractivity contribution in [3.8, 4) is 6.07 Å². The number of anilines is 2. The molecule has 0 atom stereocenters. The van der Waals surface area contributed by atoms with Crippen LogP contribution in [-0.2, 0) is 16.1 Å². The second-order valence-corrected chi connectivity index (χ2v) is 8.12. The van der Waals surface area contributed by atoms with Crippen molar-refractivity contribution >= 4 is 40.5 Å². The summed E-state index contributed by atoms with van der Waals surface area (Å²) in [6, 6.07) is 8.98. The molecule has 2 amide bonds.